The van der Waals surface area contributed by atoms with Crippen molar-refractivity contribution in [2.45, 2.75) is 33.2 Å². The summed E-state index contributed by atoms with van der Waals surface area (Å²) in [5.74, 6) is -0.349. The second-order valence-corrected chi connectivity index (χ2v) is 5.55. The zero-order chi connectivity index (χ0) is 11.9. The van der Waals surface area contributed by atoms with Gasteiger partial charge in [0.05, 0.1) is 0 Å². The van der Waals surface area contributed by atoms with Crippen LogP contribution in [0.3, 0.4) is 0 Å². The lowest BCUT2D eigenvalue weighted by Crippen LogP contribution is -2.45. The summed E-state index contributed by atoms with van der Waals surface area (Å²) in [7, 11) is 0. The third-order valence-corrected chi connectivity index (χ3v) is 3.24. The van der Waals surface area contributed by atoms with Crippen molar-refractivity contribution in [3.63, 3.8) is 0 Å². The lowest BCUT2D eigenvalue weighted by Gasteiger charge is -2.39. The zero-order valence-corrected chi connectivity index (χ0v) is 10.3. The summed E-state index contributed by atoms with van der Waals surface area (Å²) < 4.78 is 13.2. The van der Waals surface area contributed by atoms with E-state index in [4.69, 9.17) is 17.3 Å². The van der Waals surface area contributed by atoms with Crippen LogP contribution < -0.4 is 5.73 Å². The number of hydrogen-bond acceptors (Lipinski definition) is 1. The first kappa shape index (κ1) is 12.5. The highest BCUT2D eigenvalue weighted by Crippen LogP contribution is 2.37. The number of rotatable bonds is 1. The minimum Gasteiger partial charge on any atom is -0.321 e. The van der Waals surface area contributed by atoms with Crippen molar-refractivity contribution in [3.05, 3.63) is 34.6 Å². The maximum Gasteiger partial charge on any atom is 0.125 e. The zero-order valence-electron chi connectivity index (χ0n) is 9.57. The molecule has 1 unspecified atom stereocenters. The molecule has 2 N–H and O–H groups in total. The Balaban J connectivity index is 3.27. The van der Waals surface area contributed by atoms with Gasteiger partial charge in [0.15, 0.2) is 0 Å². The molecule has 0 bridgehead atoms. The fraction of sp³-hybridized carbons (Fsp3) is 0.500. The van der Waals surface area contributed by atoms with Crippen molar-refractivity contribution in [1.29, 1.82) is 0 Å². The monoisotopic (exact) mass is 229 g/mol. The van der Waals surface area contributed by atoms with Crippen molar-refractivity contribution >= 4 is 11.6 Å². The van der Waals surface area contributed by atoms with Gasteiger partial charge in [-0.3, -0.25) is 0 Å². The van der Waals surface area contributed by atoms with Gasteiger partial charge < -0.3 is 5.73 Å². The van der Waals surface area contributed by atoms with Gasteiger partial charge in [-0.1, -0.05) is 32.4 Å². The van der Waals surface area contributed by atoms with E-state index in [1.807, 2.05) is 27.7 Å². The van der Waals surface area contributed by atoms with Crippen molar-refractivity contribution < 1.29 is 4.39 Å². The first-order valence-electron chi connectivity index (χ1n) is 4.90. The highest BCUT2D eigenvalue weighted by atomic mass is 35.5. The Morgan fingerprint density at radius 2 is 1.67 bits per heavy atom. The summed E-state index contributed by atoms with van der Waals surface area (Å²) in [6.07, 6.45) is 0. The molecule has 0 aliphatic heterocycles. The van der Waals surface area contributed by atoms with E-state index in [1.165, 1.54) is 12.1 Å². The number of hydrogen-bond donors (Lipinski definition) is 1. The number of nitrogens with two attached hydrogens (primary N) is 1. The van der Waals surface area contributed by atoms with Crippen molar-refractivity contribution in [2.75, 3.05) is 0 Å². The van der Waals surface area contributed by atoms with Crippen LogP contribution in [-0.4, -0.2) is 0 Å². The van der Waals surface area contributed by atoms with Gasteiger partial charge in [0.1, 0.15) is 5.82 Å². The van der Waals surface area contributed by atoms with E-state index in [1.54, 1.807) is 6.07 Å². The Kier molecular flexibility index (Phi) is 3.13. The lowest BCUT2D eigenvalue weighted by atomic mass is 9.71. The summed E-state index contributed by atoms with van der Waals surface area (Å²) in [6, 6.07) is 4.44. The molecule has 1 atom stereocenters. The lowest BCUT2D eigenvalue weighted by molar-refractivity contribution is 0.210. The molecule has 0 saturated carbocycles. The predicted molar refractivity (Wildman–Crippen MR) is 62.4 cm³/mol. The maximum absolute atomic E-state index is 13.2. The van der Waals surface area contributed by atoms with Crippen LogP contribution in [0, 0.1) is 11.2 Å². The van der Waals surface area contributed by atoms with Gasteiger partial charge in [-0.2, -0.15) is 0 Å². The average molecular weight is 230 g/mol. The second-order valence-electron chi connectivity index (χ2n) is 5.11. The van der Waals surface area contributed by atoms with Crippen molar-refractivity contribution in [2.24, 2.45) is 11.1 Å². The van der Waals surface area contributed by atoms with Gasteiger partial charge >= 0.3 is 0 Å². The first-order valence-corrected chi connectivity index (χ1v) is 5.28. The fourth-order valence-electron chi connectivity index (χ4n) is 1.29. The van der Waals surface area contributed by atoms with E-state index < -0.39 is 5.54 Å². The molecule has 1 aromatic rings. The third kappa shape index (κ3) is 2.50. The highest BCUT2D eigenvalue weighted by molar-refractivity contribution is 6.30. The second kappa shape index (κ2) is 3.76. The van der Waals surface area contributed by atoms with Crippen LogP contribution in [0.15, 0.2) is 18.2 Å². The quantitative estimate of drug-likeness (QED) is 0.781. The van der Waals surface area contributed by atoms with Gasteiger partial charge in [-0.25, -0.2) is 4.39 Å². The molecule has 0 fully saturated rings. The normalized spacial score (nSPS) is 16.2. The summed E-state index contributed by atoms with van der Waals surface area (Å²) in [5, 5.41) is 0.380. The maximum atomic E-state index is 13.2. The molecular formula is C12H17ClFN. The van der Waals surface area contributed by atoms with E-state index in [9.17, 15) is 4.39 Å². The highest BCUT2D eigenvalue weighted by Gasteiger charge is 2.35. The smallest absolute Gasteiger partial charge is 0.125 e. The van der Waals surface area contributed by atoms with Crippen LogP contribution in [0.5, 0.6) is 0 Å². The average Bonchev–Trinajstić information content (AvgIpc) is 1.99. The first-order chi connectivity index (χ1) is 6.64. The van der Waals surface area contributed by atoms with E-state index in [0.717, 1.165) is 5.56 Å². The van der Waals surface area contributed by atoms with E-state index in [-0.39, 0.29) is 11.2 Å². The Morgan fingerprint density at radius 1 is 1.13 bits per heavy atom. The Labute approximate surface area is 95.4 Å². The van der Waals surface area contributed by atoms with Gasteiger partial charge in [0.2, 0.25) is 0 Å². The summed E-state index contributed by atoms with van der Waals surface area (Å²) in [6.45, 7) is 7.95. The summed E-state index contributed by atoms with van der Waals surface area (Å²) >= 11 is 5.81. The summed E-state index contributed by atoms with van der Waals surface area (Å²) in [4.78, 5) is 0. The molecule has 1 rings (SSSR count). The predicted octanol–water partition coefficient (Wildman–Crippen LogP) is 3.70. The Morgan fingerprint density at radius 3 is 2.07 bits per heavy atom. The van der Waals surface area contributed by atoms with E-state index in [0.29, 0.717) is 5.02 Å². The van der Waals surface area contributed by atoms with Crippen LogP contribution in [0.2, 0.25) is 5.02 Å². The van der Waals surface area contributed by atoms with Crippen LogP contribution in [0.1, 0.15) is 33.3 Å². The van der Waals surface area contributed by atoms with Crippen LogP contribution in [0.4, 0.5) is 4.39 Å². The Bertz CT molecular complexity index is 346. The van der Waals surface area contributed by atoms with Crippen LogP contribution >= 0.6 is 11.6 Å². The molecule has 0 heterocycles. The minimum absolute atomic E-state index is 0.163. The molecule has 0 aromatic heterocycles. The van der Waals surface area contributed by atoms with E-state index in [2.05, 4.69) is 0 Å². The molecule has 1 nitrogen and oxygen atoms in total. The van der Waals surface area contributed by atoms with Crippen molar-refractivity contribution in [3.8, 4) is 0 Å². The number of benzene rings is 1. The van der Waals surface area contributed by atoms with E-state index >= 15 is 0 Å². The van der Waals surface area contributed by atoms with Gasteiger partial charge in [-0.15, -0.1) is 0 Å². The molecule has 0 aliphatic rings. The van der Waals surface area contributed by atoms with Crippen molar-refractivity contribution in [1.82, 2.24) is 0 Å². The van der Waals surface area contributed by atoms with Gasteiger partial charge in [-0.05, 0) is 36.1 Å². The van der Waals surface area contributed by atoms with Gasteiger partial charge in [0, 0.05) is 10.6 Å². The Hall–Kier alpha value is -0.600. The largest absolute Gasteiger partial charge is 0.321 e. The molecule has 0 spiro atoms. The van der Waals surface area contributed by atoms with Crippen LogP contribution in [-0.2, 0) is 5.54 Å². The molecule has 1 aromatic carbocycles. The fourth-order valence-corrected chi connectivity index (χ4v) is 1.51. The molecule has 15 heavy (non-hydrogen) atoms. The van der Waals surface area contributed by atoms with Gasteiger partial charge in [0.25, 0.3) is 0 Å². The molecule has 0 saturated heterocycles. The molecule has 3 heteroatoms. The molecule has 84 valence electrons. The SMILES string of the molecule is CC(C)(C)C(C)(N)c1cc(F)cc(Cl)c1. The molecule has 0 radical (unpaired) electrons. The minimum atomic E-state index is -0.612. The topological polar surface area (TPSA) is 26.0 Å². The molecule has 0 amide bonds. The molecular weight excluding hydrogens is 213 g/mol. The summed E-state index contributed by atoms with van der Waals surface area (Å²) in [5.41, 5.74) is 6.17. The van der Waals surface area contributed by atoms with Crippen LogP contribution in [0.25, 0.3) is 0 Å². The standard InChI is InChI=1S/C12H17ClFN/c1-11(2,3)12(4,15)8-5-9(13)7-10(14)6-8/h5-7H,15H2,1-4H3. The number of halogens is 2. The third-order valence-electron chi connectivity index (χ3n) is 3.02. The molecule has 0 aliphatic carbocycles.